The Hall–Kier alpha value is -1.88. The first kappa shape index (κ1) is 14.5. The summed E-state index contributed by atoms with van der Waals surface area (Å²) < 4.78 is 5.41. The Balaban J connectivity index is 2.20. The predicted octanol–water partition coefficient (Wildman–Crippen LogP) is 2.59. The number of likely N-dealkylation sites (N-methyl/N-ethyl adjacent to an activating group) is 1. The average Bonchev–Trinajstić information content (AvgIpc) is 2.98. The Kier molecular flexibility index (Phi) is 4.74. The molecule has 0 radical (unpaired) electrons. The predicted molar refractivity (Wildman–Crippen MR) is 79.9 cm³/mol. The maximum Gasteiger partial charge on any atom is 0.265 e. The summed E-state index contributed by atoms with van der Waals surface area (Å²) in [6, 6.07) is 10.5. The van der Waals surface area contributed by atoms with Crippen LogP contribution in [0.4, 0.5) is 5.95 Å². The van der Waals surface area contributed by atoms with Crippen LogP contribution in [-0.4, -0.2) is 30.8 Å². The lowest BCUT2D eigenvalue weighted by Gasteiger charge is -2.21. The quantitative estimate of drug-likeness (QED) is 0.877. The highest BCUT2D eigenvalue weighted by Gasteiger charge is 2.24. The Labute approximate surface area is 120 Å². The molecular weight excluding hydrogens is 252 g/mol. The van der Waals surface area contributed by atoms with Crippen LogP contribution in [0.3, 0.4) is 0 Å². The molecule has 0 aliphatic heterocycles. The van der Waals surface area contributed by atoms with Crippen LogP contribution >= 0.6 is 0 Å². The first-order valence-corrected chi connectivity index (χ1v) is 6.94. The summed E-state index contributed by atoms with van der Waals surface area (Å²) in [6.45, 7) is 5.00. The molecule has 2 rings (SSSR count). The van der Waals surface area contributed by atoms with Gasteiger partial charge in [0, 0.05) is 19.6 Å². The Morgan fingerprint density at radius 2 is 2.00 bits per heavy atom. The number of nitrogens with one attached hydrogen (secondary N) is 1. The zero-order valence-corrected chi connectivity index (χ0v) is 12.5. The molecule has 108 valence electrons. The molecule has 1 heterocycles. The van der Waals surface area contributed by atoms with E-state index in [0.29, 0.717) is 11.8 Å². The smallest absolute Gasteiger partial charge is 0.265 e. The largest absolute Gasteiger partial charge is 0.342 e. The van der Waals surface area contributed by atoms with Crippen molar-refractivity contribution in [2.75, 3.05) is 25.5 Å². The van der Waals surface area contributed by atoms with Crippen molar-refractivity contribution in [3.63, 3.8) is 0 Å². The van der Waals surface area contributed by atoms with Crippen molar-refractivity contribution in [2.24, 2.45) is 0 Å². The third-order valence-electron chi connectivity index (χ3n) is 3.61. The van der Waals surface area contributed by atoms with Crippen molar-refractivity contribution in [3.8, 4) is 0 Å². The number of hydrogen-bond acceptors (Lipinski definition) is 5. The first-order valence-electron chi connectivity index (χ1n) is 6.94. The summed E-state index contributed by atoms with van der Waals surface area (Å²) in [6.07, 6.45) is 0. The van der Waals surface area contributed by atoms with Crippen LogP contribution in [0.5, 0.6) is 0 Å². The van der Waals surface area contributed by atoms with Gasteiger partial charge in [-0.1, -0.05) is 37.3 Å². The summed E-state index contributed by atoms with van der Waals surface area (Å²) in [4.78, 5) is 6.44. The minimum Gasteiger partial charge on any atom is -0.342 e. The number of anilines is 1. The lowest BCUT2D eigenvalue weighted by atomic mass is 9.94. The minimum atomic E-state index is 0.105. The second kappa shape index (κ2) is 6.52. The van der Waals surface area contributed by atoms with E-state index in [2.05, 4.69) is 41.4 Å². The molecule has 0 bridgehead atoms. The summed E-state index contributed by atoms with van der Waals surface area (Å²) >= 11 is 0. The van der Waals surface area contributed by atoms with Gasteiger partial charge in [0.1, 0.15) is 0 Å². The molecule has 2 aromatic rings. The zero-order chi connectivity index (χ0) is 14.5. The molecule has 5 nitrogen and oxygen atoms in total. The molecule has 1 aromatic carbocycles. The second-order valence-electron chi connectivity index (χ2n) is 4.91. The monoisotopic (exact) mass is 274 g/mol. The molecular formula is C15H22N4O. The molecule has 0 fully saturated rings. The molecule has 5 heteroatoms. The fourth-order valence-electron chi connectivity index (χ4n) is 2.22. The van der Waals surface area contributed by atoms with Crippen molar-refractivity contribution in [3.05, 3.63) is 41.8 Å². The van der Waals surface area contributed by atoms with Crippen LogP contribution in [0.15, 0.2) is 34.9 Å². The van der Waals surface area contributed by atoms with Crippen LogP contribution in [0.25, 0.3) is 0 Å². The number of aromatic nitrogens is 2. The number of nitrogens with zero attached hydrogens (tertiary/aromatic N) is 3. The topological polar surface area (TPSA) is 54.2 Å². The molecule has 0 amide bonds. The van der Waals surface area contributed by atoms with Gasteiger partial charge in [-0.15, -0.1) is 0 Å². The summed E-state index contributed by atoms with van der Waals surface area (Å²) in [7, 11) is 3.90. The number of hydrogen-bond donors (Lipinski definition) is 1. The summed E-state index contributed by atoms with van der Waals surface area (Å²) in [5.41, 5.74) is 1.21. The molecule has 1 N–H and O–H groups in total. The molecule has 0 saturated carbocycles. The van der Waals surface area contributed by atoms with Crippen LogP contribution in [0.1, 0.15) is 37.3 Å². The normalized spacial score (nSPS) is 14.0. The van der Waals surface area contributed by atoms with Gasteiger partial charge in [-0.25, -0.2) is 0 Å². The third kappa shape index (κ3) is 2.99. The van der Waals surface area contributed by atoms with Gasteiger partial charge in [-0.2, -0.15) is 4.98 Å². The van der Waals surface area contributed by atoms with Crippen LogP contribution in [0.2, 0.25) is 0 Å². The maximum atomic E-state index is 5.41. The van der Waals surface area contributed by atoms with E-state index >= 15 is 0 Å². The molecule has 0 saturated heterocycles. The van der Waals surface area contributed by atoms with Crippen molar-refractivity contribution >= 4 is 5.95 Å². The van der Waals surface area contributed by atoms with E-state index in [1.165, 1.54) is 5.56 Å². The molecule has 2 unspecified atom stereocenters. The fourth-order valence-corrected chi connectivity index (χ4v) is 2.22. The fraction of sp³-hybridized carbons (Fsp3) is 0.467. The van der Waals surface area contributed by atoms with Gasteiger partial charge in [0.2, 0.25) is 5.89 Å². The molecule has 0 aliphatic rings. The Morgan fingerprint density at radius 3 is 2.60 bits per heavy atom. The SMILES string of the molecule is CCN(C)c1noc(C(C)C(NC)c2ccccc2)n1. The Bertz CT molecular complexity index is 526. The maximum absolute atomic E-state index is 5.41. The summed E-state index contributed by atoms with van der Waals surface area (Å²) in [5.74, 6) is 1.40. The van der Waals surface area contributed by atoms with Crippen LogP contribution in [0, 0.1) is 0 Å². The molecule has 2 atom stereocenters. The average molecular weight is 274 g/mol. The van der Waals surface area contributed by atoms with E-state index in [9.17, 15) is 0 Å². The van der Waals surface area contributed by atoms with E-state index in [1.807, 2.05) is 37.2 Å². The lowest BCUT2D eigenvalue weighted by molar-refractivity contribution is 0.331. The second-order valence-corrected chi connectivity index (χ2v) is 4.91. The van der Waals surface area contributed by atoms with Gasteiger partial charge in [0.15, 0.2) is 0 Å². The number of benzene rings is 1. The standard InChI is InChI=1S/C15H22N4O/c1-5-19(4)15-17-14(20-18-15)11(2)13(16-3)12-9-7-6-8-10-12/h6-11,13,16H,5H2,1-4H3. The lowest BCUT2D eigenvalue weighted by Crippen LogP contribution is -2.22. The van der Waals surface area contributed by atoms with Crippen LogP contribution in [-0.2, 0) is 0 Å². The van der Waals surface area contributed by atoms with E-state index < -0.39 is 0 Å². The van der Waals surface area contributed by atoms with Crippen molar-refractivity contribution < 1.29 is 4.52 Å². The Morgan fingerprint density at radius 1 is 1.30 bits per heavy atom. The van der Waals surface area contributed by atoms with E-state index in [4.69, 9.17) is 4.52 Å². The zero-order valence-electron chi connectivity index (χ0n) is 12.5. The molecule has 1 aromatic heterocycles. The van der Waals surface area contributed by atoms with E-state index in [0.717, 1.165) is 6.54 Å². The highest BCUT2D eigenvalue weighted by atomic mass is 16.5. The van der Waals surface area contributed by atoms with Crippen molar-refractivity contribution in [1.82, 2.24) is 15.5 Å². The van der Waals surface area contributed by atoms with Crippen molar-refractivity contribution in [1.29, 1.82) is 0 Å². The van der Waals surface area contributed by atoms with Gasteiger partial charge in [0.25, 0.3) is 5.95 Å². The van der Waals surface area contributed by atoms with Crippen molar-refractivity contribution in [2.45, 2.75) is 25.8 Å². The minimum absolute atomic E-state index is 0.105. The molecule has 0 aliphatic carbocycles. The van der Waals surface area contributed by atoms with Crippen LogP contribution < -0.4 is 10.2 Å². The van der Waals surface area contributed by atoms with E-state index in [-0.39, 0.29) is 12.0 Å². The van der Waals surface area contributed by atoms with E-state index in [1.54, 1.807) is 0 Å². The van der Waals surface area contributed by atoms with Gasteiger partial charge >= 0.3 is 0 Å². The number of rotatable bonds is 6. The molecule has 0 spiro atoms. The highest BCUT2D eigenvalue weighted by Crippen LogP contribution is 2.29. The van der Waals surface area contributed by atoms with Gasteiger partial charge in [-0.3, -0.25) is 0 Å². The van der Waals surface area contributed by atoms with Gasteiger partial charge in [-0.05, 0) is 24.7 Å². The third-order valence-corrected chi connectivity index (χ3v) is 3.61. The molecule has 20 heavy (non-hydrogen) atoms. The first-order chi connectivity index (χ1) is 9.67. The highest BCUT2D eigenvalue weighted by molar-refractivity contribution is 5.27. The van der Waals surface area contributed by atoms with Gasteiger partial charge < -0.3 is 14.7 Å². The van der Waals surface area contributed by atoms with Gasteiger partial charge in [0.05, 0.1) is 5.92 Å². The summed E-state index contributed by atoms with van der Waals surface area (Å²) in [5, 5.41) is 7.36.